The van der Waals surface area contributed by atoms with Crippen molar-refractivity contribution in [2.75, 3.05) is 0 Å². The third-order valence-corrected chi connectivity index (χ3v) is 3.42. The zero-order valence-electron chi connectivity index (χ0n) is 10.4. The highest BCUT2D eigenvalue weighted by Gasteiger charge is 2.11. The third-order valence-electron chi connectivity index (χ3n) is 2.37. The summed E-state index contributed by atoms with van der Waals surface area (Å²) in [5.41, 5.74) is 0.784. The summed E-state index contributed by atoms with van der Waals surface area (Å²) in [5.74, 6) is 2.06. The SMILES string of the molecule is Cc1nc(CSc2nnc(-c3cccc(Cl)c3)o2)no1. The highest BCUT2D eigenvalue weighted by Crippen LogP contribution is 2.26. The van der Waals surface area contributed by atoms with Crippen molar-refractivity contribution in [2.24, 2.45) is 0 Å². The van der Waals surface area contributed by atoms with Crippen LogP contribution in [0.25, 0.3) is 11.5 Å². The Hall–Kier alpha value is -1.86. The lowest BCUT2D eigenvalue weighted by molar-refractivity contribution is 0.389. The van der Waals surface area contributed by atoms with Gasteiger partial charge in [0.2, 0.25) is 11.8 Å². The minimum absolute atomic E-state index is 0.430. The molecule has 0 aliphatic carbocycles. The Bertz CT molecular complexity index is 728. The van der Waals surface area contributed by atoms with Gasteiger partial charge >= 0.3 is 0 Å². The number of hydrogen-bond acceptors (Lipinski definition) is 7. The van der Waals surface area contributed by atoms with Gasteiger partial charge in [-0.15, -0.1) is 10.2 Å². The van der Waals surface area contributed by atoms with E-state index in [0.717, 1.165) is 5.56 Å². The lowest BCUT2D eigenvalue weighted by Crippen LogP contribution is -1.83. The monoisotopic (exact) mass is 308 g/mol. The first-order chi connectivity index (χ1) is 9.70. The van der Waals surface area contributed by atoms with Gasteiger partial charge in [0.05, 0.1) is 5.75 Å². The summed E-state index contributed by atoms with van der Waals surface area (Å²) >= 11 is 7.27. The normalized spacial score (nSPS) is 10.9. The van der Waals surface area contributed by atoms with E-state index < -0.39 is 0 Å². The van der Waals surface area contributed by atoms with Gasteiger partial charge in [0.1, 0.15) is 0 Å². The van der Waals surface area contributed by atoms with Gasteiger partial charge in [-0.2, -0.15) is 4.98 Å². The molecule has 20 heavy (non-hydrogen) atoms. The van der Waals surface area contributed by atoms with Crippen LogP contribution in [0.4, 0.5) is 0 Å². The van der Waals surface area contributed by atoms with E-state index in [-0.39, 0.29) is 0 Å². The van der Waals surface area contributed by atoms with Crippen molar-refractivity contribution in [1.82, 2.24) is 20.3 Å². The molecule has 0 N–H and O–H groups in total. The molecule has 0 radical (unpaired) electrons. The van der Waals surface area contributed by atoms with Crippen LogP contribution in [-0.4, -0.2) is 20.3 Å². The zero-order chi connectivity index (χ0) is 13.9. The minimum atomic E-state index is 0.430. The Morgan fingerprint density at radius 1 is 1.30 bits per heavy atom. The average Bonchev–Trinajstić information content (AvgIpc) is 3.05. The number of halogens is 1. The van der Waals surface area contributed by atoms with Crippen molar-refractivity contribution in [2.45, 2.75) is 17.9 Å². The molecular weight excluding hydrogens is 300 g/mol. The number of benzene rings is 1. The second kappa shape index (κ2) is 5.64. The molecule has 0 aliphatic rings. The third kappa shape index (κ3) is 3.00. The smallest absolute Gasteiger partial charge is 0.277 e. The number of thioether (sulfide) groups is 1. The lowest BCUT2D eigenvalue weighted by Gasteiger charge is -1.94. The minimum Gasteiger partial charge on any atom is -0.411 e. The molecule has 2 heterocycles. The molecule has 0 unspecified atom stereocenters. The molecule has 0 atom stereocenters. The first-order valence-corrected chi connectivity index (χ1v) is 7.08. The Morgan fingerprint density at radius 2 is 2.20 bits per heavy atom. The van der Waals surface area contributed by atoms with E-state index in [1.807, 2.05) is 12.1 Å². The van der Waals surface area contributed by atoms with Crippen molar-refractivity contribution in [3.8, 4) is 11.5 Å². The molecule has 0 spiro atoms. The van der Waals surface area contributed by atoms with Gasteiger partial charge in [-0.25, -0.2) is 0 Å². The molecule has 3 rings (SSSR count). The predicted octanol–water partition coefficient (Wildman–Crippen LogP) is 3.37. The van der Waals surface area contributed by atoms with Crippen LogP contribution in [0.3, 0.4) is 0 Å². The van der Waals surface area contributed by atoms with Crippen LogP contribution in [0, 0.1) is 6.92 Å². The van der Waals surface area contributed by atoms with Crippen LogP contribution in [0.5, 0.6) is 0 Å². The van der Waals surface area contributed by atoms with E-state index >= 15 is 0 Å². The van der Waals surface area contributed by atoms with Gasteiger partial charge in [-0.1, -0.05) is 34.6 Å². The van der Waals surface area contributed by atoms with Gasteiger partial charge in [-0.05, 0) is 18.2 Å². The molecule has 0 fully saturated rings. The van der Waals surface area contributed by atoms with Gasteiger partial charge in [-0.3, -0.25) is 0 Å². The van der Waals surface area contributed by atoms with Crippen LogP contribution in [0.1, 0.15) is 11.7 Å². The maximum atomic E-state index is 5.92. The number of rotatable bonds is 4. The first-order valence-electron chi connectivity index (χ1n) is 5.72. The molecule has 2 aromatic heterocycles. The quantitative estimate of drug-likeness (QED) is 0.684. The fourth-order valence-corrected chi connectivity index (χ4v) is 2.33. The van der Waals surface area contributed by atoms with E-state index in [4.69, 9.17) is 20.5 Å². The first kappa shape index (κ1) is 13.1. The van der Waals surface area contributed by atoms with Crippen molar-refractivity contribution >= 4 is 23.4 Å². The molecule has 6 nitrogen and oxygen atoms in total. The topological polar surface area (TPSA) is 77.8 Å². The maximum absolute atomic E-state index is 5.92. The highest BCUT2D eigenvalue weighted by molar-refractivity contribution is 7.98. The van der Waals surface area contributed by atoms with E-state index in [2.05, 4.69) is 20.3 Å². The van der Waals surface area contributed by atoms with Crippen LogP contribution in [0.15, 0.2) is 38.4 Å². The van der Waals surface area contributed by atoms with E-state index in [1.54, 1.807) is 19.1 Å². The highest BCUT2D eigenvalue weighted by atomic mass is 35.5. The molecular formula is C12H9ClN4O2S. The molecule has 1 aromatic carbocycles. The summed E-state index contributed by atoms with van der Waals surface area (Å²) < 4.78 is 10.4. The van der Waals surface area contributed by atoms with Gasteiger partial charge in [0.15, 0.2) is 5.82 Å². The van der Waals surface area contributed by atoms with E-state index in [0.29, 0.717) is 33.6 Å². The van der Waals surface area contributed by atoms with Crippen molar-refractivity contribution < 1.29 is 8.94 Å². The van der Waals surface area contributed by atoms with Gasteiger partial charge in [0.25, 0.3) is 5.22 Å². The predicted molar refractivity (Wildman–Crippen MR) is 73.3 cm³/mol. The fourth-order valence-electron chi connectivity index (χ4n) is 1.53. The van der Waals surface area contributed by atoms with Crippen LogP contribution >= 0.6 is 23.4 Å². The van der Waals surface area contributed by atoms with Crippen molar-refractivity contribution in [1.29, 1.82) is 0 Å². The molecule has 8 heteroatoms. The summed E-state index contributed by atoms with van der Waals surface area (Å²) in [7, 11) is 0. The van der Waals surface area contributed by atoms with Crippen molar-refractivity contribution in [3.63, 3.8) is 0 Å². The number of nitrogens with zero attached hydrogens (tertiary/aromatic N) is 4. The van der Waals surface area contributed by atoms with Crippen LogP contribution < -0.4 is 0 Å². The Kier molecular flexibility index (Phi) is 3.70. The van der Waals surface area contributed by atoms with E-state index in [1.165, 1.54) is 11.8 Å². The molecule has 0 aliphatic heterocycles. The second-order valence-electron chi connectivity index (χ2n) is 3.90. The number of hydrogen-bond donors (Lipinski definition) is 0. The largest absolute Gasteiger partial charge is 0.411 e. The van der Waals surface area contributed by atoms with Gasteiger partial charge < -0.3 is 8.94 Å². The number of aromatic nitrogens is 4. The summed E-state index contributed by atoms with van der Waals surface area (Å²) in [6.45, 7) is 1.74. The van der Waals surface area contributed by atoms with Gasteiger partial charge in [0, 0.05) is 17.5 Å². The molecule has 0 amide bonds. The zero-order valence-corrected chi connectivity index (χ0v) is 12.0. The molecule has 0 bridgehead atoms. The fraction of sp³-hybridized carbons (Fsp3) is 0.167. The maximum Gasteiger partial charge on any atom is 0.277 e. The second-order valence-corrected chi connectivity index (χ2v) is 5.26. The molecule has 102 valence electrons. The number of aryl methyl sites for hydroxylation is 1. The summed E-state index contributed by atoms with van der Waals surface area (Å²) in [5, 5.41) is 12.8. The Labute approximate surface area is 123 Å². The average molecular weight is 309 g/mol. The molecule has 0 saturated heterocycles. The van der Waals surface area contributed by atoms with Crippen molar-refractivity contribution in [3.05, 3.63) is 41.0 Å². The Morgan fingerprint density at radius 3 is 2.95 bits per heavy atom. The molecule has 0 saturated carbocycles. The summed E-state index contributed by atoms with van der Waals surface area (Å²) in [6, 6.07) is 7.24. The summed E-state index contributed by atoms with van der Waals surface area (Å²) in [4.78, 5) is 4.10. The molecule has 3 aromatic rings. The summed E-state index contributed by atoms with van der Waals surface area (Å²) in [6.07, 6.45) is 0. The Balaban J connectivity index is 1.70. The lowest BCUT2D eigenvalue weighted by atomic mass is 10.2. The van der Waals surface area contributed by atoms with Crippen LogP contribution in [-0.2, 0) is 5.75 Å². The van der Waals surface area contributed by atoms with E-state index in [9.17, 15) is 0 Å². The standard InChI is InChI=1S/C12H9ClN4O2S/c1-7-14-10(17-19-7)6-20-12-16-15-11(18-12)8-3-2-4-9(13)5-8/h2-5H,6H2,1H3. The van der Waals surface area contributed by atoms with Crippen LogP contribution in [0.2, 0.25) is 5.02 Å².